The topological polar surface area (TPSA) is 54.8 Å². The van der Waals surface area contributed by atoms with Crippen LogP contribution in [0.25, 0.3) is 0 Å². The van der Waals surface area contributed by atoms with Crippen LogP contribution in [0.3, 0.4) is 0 Å². The van der Waals surface area contributed by atoms with Crippen LogP contribution in [0.15, 0.2) is 48.7 Å². The highest BCUT2D eigenvalue weighted by Gasteiger charge is 2.22. The average molecular weight is 456 g/mol. The molecule has 0 bridgehead atoms. The van der Waals surface area contributed by atoms with E-state index in [0.717, 1.165) is 31.5 Å². The summed E-state index contributed by atoms with van der Waals surface area (Å²) in [5.74, 6) is 0.519. The van der Waals surface area contributed by atoms with Crippen molar-refractivity contribution in [1.29, 1.82) is 0 Å². The molecule has 0 saturated carbocycles. The number of carbonyl (C=O) groups excluding carboxylic acids is 2. The Bertz CT molecular complexity index is 832. The van der Waals surface area contributed by atoms with E-state index in [1.54, 1.807) is 12.0 Å². The Balaban J connectivity index is 2.11. The molecule has 0 spiro atoms. The Morgan fingerprint density at radius 3 is 2.42 bits per heavy atom. The second kappa shape index (κ2) is 14.5. The summed E-state index contributed by atoms with van der Waals surface area (Å²) in [6, 6.07) is 14.4. The van der Waals surface area contributed by atoms with Crippen molar-refractivity contribution in [2.24, 2.45) is 5.92 Å². The van der Waals surface area contributed by atoms with E-state index in [0.29, 0.717) is 38.6 Å². The summed E-state index contributed by atoms with van der Waals surface area (Å²) in [5.41, 5.74) is 2.28. The number of aromatic nitrogens is 1. The molecule has 0 aliphatic carbocycles. The molecule has 6 nitrogen and oxygen atoms in total. The predicted molar refractivity (Wildman–Crippen MR) is 133 cm³/mol. The number of amides is 2. The zero-order valence-electron chi connectivity index (χ0n) is 20.8. The van der Waals surface area contributed by atoms with Crippen molar-refractivity contribution in [2.75, 3.05) is 33.4 Å². The summed E-state index contributed by atoms with van der Waals surface area (Å²) in [6.45, 7) is 9.30. The summed E-state index contributed by atoms with van der Waals surface area (Å²) in [5, 5.41) is 0. The zero-order chi connectivity index (χ0) is 24.1. The van der Waals surface area contributed by atoms with Crippen molar-refractivity contribution in [3.63, 3.8) is 0 Å². The molecule has 2 rings (SSSR count). The van der Waals surface area contributed by atoms with E-state index in [-0.39, 0.29) is 18.4 Å². The first-order valence-corrected chi connectivity index (χ1v) is 12.2. The van der Waals surface area contributed by atoms with Crippen molar-refractivity contribution in [1.82, 2.24) is 14.4 Å². The highest BCUT2D eigenvalue weighted by atomic mass is 16.5. The average Bonchev–Trinajstić information content (AvgIpc) is 3.24. The Morgan fingerprint density at radius 2 is 1.76 bits per heavy atom. The number of rotatable bonds is 15. The van der Waals surface area contributed by atoms with Crippen molar-refractivity contribution in [3.05, 3.63) is 59.9 Å². The summed E-state index contributed by atoms with van der Waals surface area (Å²) in [7, 11) is 1.64. The van der Waals surface area contributed by atoms with Gasteiger partial charge < -0.3 is 19.1 Å². The molecule has 1 heterocycles. The number of nitrogens with zero attached hydrogens (tertiary/aromatic N) is 3. The van der Waals surface area contributed by atoms with E-state index >= 15 is 0 Å². The third-order valence-electron chi connectivity index (χ3n) is 5.79. The molecule has 182 valence electrons. The van der Waals surface area contributed by atoms with Crippen LogP contribution in [0.4, 0.5) is 0 Å². The fourth-order valence-electron chi connectivity index (χ4n) is 3.67. The summed E-state index contributed by atoms with van der Waals surface area (Å²) in [4.78, 5) is 29.7. The van der Waals surface area contributed by atoms with Crippen molar-refractivity contribution in [2.45, 2.75) is 59.5 Å². The minimum atomic E-state index is -0.0342. The number of carbonyl (C=O) groups is 2. The summed E-state index contributed by atoms with van der Waals surface area (Å²) < 4.78 is 7.44. The van der Waals surface area contributed by atoms with Crippen LogP contribution in [0, 0.1) is 5.92 Å². The van der Waals surface area contributed by atoms with Crippen molar-refractivity contribution >= 4 is 11.8 Å². The Morgan fingerprint density at radius 1 is 1.00 bits per heavy atom. The molecule has 0 atom stereocenters. The van der Waals surface area contributed by atoms with Gasteiger partial charge in [-0.3, -0.25) is 9.59 Å². The van der Waals surface area contributed by atoms with E-state index in [4.69, 9.17) is 4.74 Å². The molecule has 0 aliphatic heterocycles. The maximum absolute atomic E-state index is 13.3. The fraction of sp³-hybridized carbons (Fsp3) is 0.556. The number of ether oxygens (including phenoxy) is 1. The highest BCUT2D eigenvalue weighted by molar-refractivity contribution is 5.84. The Hall–Kier alpha value is -2.60. The van der Waals surface area contributed by atoms with Gasteiger partial charge >= 0.3 is 0 Å². The zero-order valence-corrected chi connectivity index (χ0v) is 20.8. The maximum Gasteiger partial charge on any atom is 0.242 e. The molecule has 33 heavy (non-hydrogen) atoms. The molecule has 0 unspecified atom stereocenters. The van der Waals surface area contributed by atoms with E-state index in [1.165, 1.54) is 5.56 Å². The van der Waals surface area contributed by atoms with E-state index in [1.807, 2.05) is 35.4 Å². The lowest BCUT2D eigenvalue weighted by Crippen LogP contribution is -2.44. The Kier molecular flexibility index (Phi) is 11.7. The second-order valence-corrected chi connectivity index (χ2v) is 9.02. The number of unbranched alkanes of at least 4 members (excludes halogenated alkanes) is 1. The number of methoxy groups -OCH3 is 1. The first-order chi connectivity index (χ1) is 15.9. The van der Waals surface area contributed by atoms with Gasteiger partial charge in [0.05, 0.1) is 19.7 Å². The Labute approximate surface area is 199 Å². The minimum Gasteiger partial charge on any atom is -0.383 e. The standard InChI is InChI=1S/C27H41N3O3/c1-5-6-14-26(31)29(17-15-23(2)3)22-27(32)30(18-19-33-4)21-25-13-10-16-28(25)20-24-11-8-7-9-12-24/h7-13,16,23H,5-6,14-15,17-22H2,1-4H3. The van der Waals surface area contributed by atoms with Gasteiger partial charge in [-0.05, 0) is 36.5 Å². The molecule has 6 heteroatoms. The molecular weight excluding hydrogens is 414 g/mol. The van der Waals surface area contributed by atoms with Crippen LogP contribution in [-0.4, -0.2) is 59.5 Å². The number of benzene rings is 1. The van der Waals surface area contributed by atoms with Gasteiger partial charge in [-0.1, -0.05) is 57.5 Å². The molecule has 0 aliphatic rings. The third kappa shape index (κ3) is 9.42. The molecule has 1 aromatic carbocycles. The van der Waals surface area contributed by atoms with Crippen LogP contribution < -0.4 is 0 Å². The van der Waals surface area contributed by atoms with Crippen molar-refractivity contribution in [3.8, 4) is 0 Å². The van der Waals surface area contributed by atoms with Gasteiger partial charge in [0.15, 0.2) is 0 Å². The largest absolute Gasteiger partial charge is 0.383 e. The SMILES string of the molecule is CCCCC(=O)N(CCC(C)C)CC(=O)N(CCOC)Cc1cccn1Cc1ccccc1. The number of hydrogen-bond acceptors (Lipinski definition) is 3. The molecule has 0 radical (unpaired) electrons. The van der Waals surface area contributed by atoms with Gasteiger partial charge in [0.1, 0.15) is 0 Å². The van der Waals surface area contributed by atoms with Crippen LogP contribution in [0.1, 0.15) is 57.7 Å². The molecule has 0 N–H and O–H groups in total. The molecule has 2 amide bonds. The molecule has 1 aromatic heterocycles. The quantitative estimate of drug-likeness (QED) is 0.395. The van der Waals surface area contributed by atoms with Crippen LogP contribution in [-0.2, 0) is 27.4 Å². The summed E-state index contributed by atoms with van der Waals surface area (Å²) >= 11 is 0. The predicted octanol–water partition coefficient (Wildman–Crippen LogP) is 4.58. The first kappa shape index (κ1) is 26.7. The summed E-state index contributed by atoms with van der Waals surface area (Å²) in [6.07, 6.45) is 5.26. The molecule has 2 aromatic rings. The smallest absolute Gasteiger partial charge is 0.242 e. The minimum absolute atomic E-state index is 0.0342. The van der Waals surface area contributed by atoms with Crippen LogP contribution in [0.2, 0.25) is 0 Å². The third-order valence-corrected chi connectivity index (χ3v) is 5.79. The van der Waals surface area contributed by atoms with Crippen molar-refractivity contribution < 1.29 is 14.3 Å². The van der Waals surface area contributed by atoms with E-state index < -0.39 is 0 Å². The van der Waals surface area contributed by atoms with Gasteiger partial charge in [0.2, 0.25) is 11.8 Å². The van der Waals surface area contributed by atoms with Gasteiger partial charge in [0.25, 0.3) is 0 Å². The molecule has 0 fully saturated rings. The number of hydrogen-bond donors (Lipinski definition) is 0. The van der Waals surface area contributed by atoms with E-state index in [2.05, 4.69) is 43.5 Å². The highest BCUT2D eigenvalue weighted by Crippen LogP contribution is 2.13. The van der Waals surface area contributed by atoms with E-state index in [9.17, 15) is 9.59 Å². The maximum atomic E-state index is 13.3. The van der Waals surface area contributed by atoms with Gasteiger partial charge in [-0.25, -0.2) is 0 Å². The first-order valence-electron chi connectivity index (χ1n) is 12.2. The van der Waals surface area contributed by atoms with Gasteiger partial charge in [-0.15, -0.1) is 0 Å². The molecule has 0 saturated heterocycles. The molecular formula is C27H41N3O3. The van der Waals surface area contributed by atoms with Crippen LogP contribution in [0.5, 0.6) is 0 Å². The monoisotopic (exact) mass is 455 g/mol. The van der Waals surface area contributed by atoms with Gasteiger partial charge in [-0.2, -0.15) is 0 Å². The van der Waals surface area contributed by atoms with Crippen LogP contribution >= 0.6 is 0 Å². The normalized spacial score (nSPS) is 11.1. The lowest BCUT2D eigenvalue weighted by atomic mass is 10.1. The van der Waals surface area contributed by atoms with Gasteiger partial charge in [0, 0.05) is 45.1 Å². The lowest BCUT2D eigenvalue weighted by Gasteiger charge is -2.28. The second-order valence-electron chi connectivity index (χ2n) is 9.02. The lowest BCUT2D eigenvalue weighted by molar-refractivity contribution is -0.141. The fourth-order valence-corrected chi connectivity index (χ4v) is 3.67.